The third-order valence-electron chi connectivity index (χ3n) is 3.70. The number of benzene rings is 1. The molecule has 7 heteroatoms. The number of rotatable bonds is 4. The van der Waals surface area contributed by atoms with Gasteiger partial charge in [0.1, 0.15) is 5.01 Å². The lowest BCUT2D eigenvalue weighted by atomic mass is 10.1. The van der Waals surface area contributed by atoms with Crippen LogP contribution in [0, 0.1) is 0 Å². The smallest absolute Gasteiger partial charge is 0.187 e. The van der Waals surface area contributed by atoms with Crippen molar-refractivity contribution in [3.05, 3.63) is 53.8 Å². The maximum absolute atomic E-state index is 5.87. The molecule has 116 valence electrons. The number of imidazole rings is 1. The number of fused-ring (bicyclic) bond motifs is 1. The van der Waals surface area contributed by atoms with E-state index in [0.717, 1.165) is 21.4 Å². The molecule has 3 heterocycles. The van der Waals surface area contributed by atoms with E-state index in [1.165, 1.54) is 10.9 Å². The molecule has 0 aliphatic carbocycles. The van der Waals surface area contributed by atoms with Crippen LogP contribution in [0.5, 0.6) is 0 Å². The van der Waals surface area contributed by atoms with Crippen LogP contribution in [0.1, 0.15) is 17.7 Å². The number of nitrogens with one attached hydrogen (secondary N) is 1. The fourth-order valence-corrected chi connectivity index (χ4v) is 4.16. The molecule has 0 bridgehead atoms. The van der Waals surface area contributed by atoms with Crippen molar-refractivity contribution in [2.24, 2.45) is 0 Å². The minimum absolute atomic E-state index is 0.228. The first kappa shape index (κ1) is 14.3. The molecule has 0 saturated carbocycles. The molecule has 4 rings (SSSR count). The molecule has 0 spiro atoms. The number of hydrogen-bond donors (Lipinski definition) is 2. The number of thiazole rings is 1. The number of aromatic nitrogens is 4. The Morgan fingerprint density at radius 3 is 2.96 bits per heavy atom. The van der Waals surface area contributed by atoms with Crippen LogP contribution in [0.2, 0.25) is 0 Å². The van der Waals surface area contributed by atoms with Gasteiger partial charge in [-0.05, 0) is 18.6 Å². The summed E-state index contributed by atoms with van der Waals surface area (Å²) in [6, 6.07) is 8.50. The van der Waals surface area contributed by atoms with Gasteiger partial charge in [0.05, 0.1) is 11.2 Å². The highest BCUT2D eigenvalue weighted by Gasteiger charge is 2.16. The Hall–Kier alpha value is -2.25. The van der Waals surface area contributed by atoms with Crippen LogP contribution in [0.15, 0.2) is 53.4 Å². The van der Waals surface area contributed by atoms with Gasteiger partial charge in [0, 0.05) is 34.6 Å². The zero-order valence-corrected chi connectivity index (χ0v) is 14.1. The number of H-pyrrole nitrogens is 1. The van der Waals surface area contributed by atoms with Gasteiger partial charge in [-0.25, -0.2) is 14.6 Å². The molecule has 0 saturated heterocycles. The first-order valence-corrected chi connectivity index (χ1v) is 8.95. The van der Waals surface area contributed by atoms with Crippen LogP contribution >= 0.6 is 23.1 Å². The Morgan fingerprint density at radius 2 is 2.22 bits per heavy atom. The van der Waals surface area contributed by atoms with E-state index in [4.69, 9.17) is 5.84 Å². The van der Waals surface area contributed by atoms with Gasteiger partial charge in [0.15, 0.2) is 5.16 Å². The second-order valence-electron chi connectivity index (χ2n) is 5.21. The molecular weight excluding hydrogens is 326 g/mol. The summed E-state index contributed by atoms with van der Waals surface area (Å²) in [5, 5.41) is 5.22. The van der Waals surface area contributed by atoms with Crippen LogP contribution in [0.25, 0.3) is 21.6 Å². The largest absolute Gasteiger partial charge is 0.352 e. The summed E-state index contributed by atoms with van der Waals surface area (Å²) >= 11 is 3.28. The van der Waals surface area contributed by atoms with Gasteiger partial charge in [-0.1, -0.05) is 30.0 Å². The lowest BCUT2D eigenvalue weighted by Crippen LogP contribution is -2.08. The first-order valence-electron chi connectivity index (χ1n) is 7.19. The molecule has 1 atom stereocenters. The molecule has 1 unspecified atom stereocenters. The highest BCUT2D eigenvalue weighted by atomic mass is 32.2. The molecule has 4 aromatic rings. The van der Waals surface area contributed by atoms with Crippen LogP contribution < -0.4 is 5.84 Å². The predicted octanol–water partition coefficient (Wildman–Crippen LogP) is 4.06. The van der Waals surface area contributed by atoms with E-state index < -0.39 is 0 Å². The Kier molecular flexibility index (Phi) is 3.59. The van der Waals surface area contributed by atoms with Crippen LogP contribution in [0.3, 0.4) is 0 Å². The number of nitrogens with zero attached hydrogens (tertiary/aromatic N) is 3. The van der Waals surface area contributed by atoms with Crippen molar-refractivity contribution in [1.29, 1.82) is 0 Å². The summed E-state index contributed by atoms with van der Waals surface area (Å²) in [5.41, 5.74) is 3.44. The van der Waals surface area contributed by atoms with E-state index in [2.05, 4.69) is 46.1 Å². The van der Waals surface area contributed by atoms with Gasteiger partial charge in [0.2, 0.25) is 0 Å². The lowest BCUT2D eigenvalue weighted by molar-refractivity contribution is 0.846. The van der Waals surface area contributed by atoms with Crippen molar-refractivity contribution < 1.29 is 0 Å². The molecule has 0 radical (unpaired) electrons. The van der Waals surface area contributed by atoms with Crippen LogP contribution in [0.4, 0.5) is 0 Å². The predicted molar refractivity (Wildman–Crippen MR) is 96.1 cm³/mol. The number of aromatic amines is 1. The molecule has 5 nitrogen and oxygen atoms in total. The maximum atomic E-state index is 5.87. The van der Waals surface area contributed by atoms with Crippen LogP contribution in [-0.2, 0) is 0 Å². The average molecular weight is 341 g/mol. The molecule has 0 fully saturated rings. The zero-order chi connectivity index (χ0) is 15.8. The standard InChI is InChI=1S/C16H15N5S2/c1-10(23-16-19-5-7-21(16)17)12-4-2-3-11-9-13(20-14(11)12)15-18-6-8-22-15/h2-10,20H,17H2,1H3. The lowest BCUT2D eigenvalue weighted by Gasteiger charge is -2.12. The molecule has 3 N–H and O–H groups in total. The highest BCUT2D eigenvalue weighted by Crippen LogP contribution is 2.37. The van der Waals surface area contributed by atoms with Crippen molar-refractivity contribution in [3.8, 4) is 10.7 Å². The quantitative estimate of drug-likeness (QED) is 0.434. The van der Waals surface area contributed by atoms with Crippen LogP contribution in [-0.4, -0.2) is 19.6 Å². The molecule has 1 aromatic carbocycles. The van der Waals surface area contributed by atoms with Crippen molar-refractivity contribution in [2.75, 3.05) is 5.84 Å². The van der Waals surface area contributed by atoms with Gasteiger partial charge < -0.3 is 10.8 Å². The Labute approximate surface area is 141 Å². The summed E-state index contributed by atoms with van der Waals surface area (Å²) < 4.78 is 1.55. The second-order valence-corrected chi connectivity index (χ2v) is 7.41. The molecule has 0 aliphatic heterocycles. The van der Waals surface area contributed by atoms with E-state index in [0.29, 0.717) is 0 Å². The number of thioether (sulfide) groups is 1. The summed E-state index contributed by atoms with van der Waals surface area (Å²) in [5.74, 6) is 5.87. The summed E-state index contributed by atoms with van der Waals surface area (Å²) in [6.45, 7) is 2.16. The Bertz CT molecular complexity index is 939. The van der Waals surface area contributed by atoms with Crippen molar-refractivity contribution >= 4 is 34.0 Å². The summed E-state index contributed by atoms with van der Waals surface area (Å²) in [7, 11) is 0. The van der Waals surface area contributed by atoms with Gasteiger partial charge >= 0.3 is 0 Å². The minimum Gasteiger partial charge on any atom is -0.352 e. The zero-order valence-electron chi connectivity index (χ0n) is 12.4. The van der Waals surface area contributed by atoms with E-state index in [-0.39, 0.29) is 5.25 Å². The van der Waals surface area contributed by atoms with Crippen molar-refractivity contribution in [3.63, 3.8) is 0 Å². The average Bonchev–Trinajstić information content (AvgIpc) is 3.26. The highest BCUT2D eigenvalue weighted by molar-refractivity contribution is 7.99. The molecule has 0 amide bonds. The summed E-state index contributed by atoms with van der Waals surface area (Å²) in [6.07, 6.45) is 5.29. The van der Waals surface area contributed by atoms with E-state index in [1.807, 2.05) is 11.6 Å². The van der Waals surface area contributed by atoms with Gasteiger partial charge in [-0.3, -0.25) is 0 Å². The fraction of sp³-hybridized carbons (Fsp3) is 0.125. The molecule has 0 aliphatic rings. The maximum Gasteiger partial charge on any atom is 0.187 e. The topological polar surface area (TPSA) is 72.5 Å². The fourth-order valence-electron chi connectivity index (χ4n) is 2.60. The SMILES string of the molecule is CC(Sc1nccn1N)c1cccc2cc(-c3nccs3)[nH]c12. The number of hydrogen-bond acceptors (Lipinski definition) is 5. The molecule has 23 heavy (non-hydrogen) atoms. The molecule has 3 aromatic heterocycles. The number of nitrogens with two attached hydrogens (primary N) is 1. The molecular formula is C16H15N5S2. The van der Waals surface area contributed by atoms with Crippen molar-refractivity contribution in [2.45, 2.75) is 17.3 Å². The number of para-hydroxylation sites is 1. The van der Waals surface area contributed by atoms with Gasteiger partial charge in [0.25, 0.3) is 0 Å². The third kappa shape index (κ3) is 2.62. The van der Waals surface area contributed by atoms with E-state index in [9.17, 15) is 0 Å². The minimum atomic E-state index is 0.228. The van der Waals surface area contributed by atoms with Gasteiger partial charge in [-0.2, -0.15) is 0 Å². The normalized spacial score (nSPS) is 12.7. The van der Waals surface area contributed by atoms with Crippen molar-refractivity contribution in [1.82, 2.24) is 19.6 Å². The first-order chi connectivity index (χ1) is 11.2. The third-order valence-corrected chi connectivity index (χ3v) is 5.65. The number of nitrogen functional groups attached to an aromatic ring is 1. The monoisotopic (exact) mass is 341 g/mol. The Morgan fingerprint density at radius 1 is 1.30 bits per heavy atom. The Balaban J connectivity index is 1.73. The van der Waals surface area contributed by atoms with E-state index >= 15 is 0 Å². The van der Waals surface area contributed by atoms with E-state index in [1.54, 1.807) is 40.2 Å². The second kappa shape index (κ2) is 5.75. The van der Waals surface area contributed by atoms with Gasteiger partial charge in [-0.15, -0.1) is 11.3 Å². The summed E-state index contributed by atoms with van der Waals surface area (Å²) in [4.78, 5) is 12.2.